The summed E-state index contributed by atoms with van der Waals surface area (Å²) in [6.45, 7) is 0.648. The summed E-state index contributed by atoms with van der Waals surface area (Å²) in [5.41, 5.74) is 0. The van der Waals surface area contributed by atoms with Crippen molar-refractivity contribution in [2.75, 3.05) is 13.2 Å². The fourth-order valence-electron chi connectivity index (χ4n) is 1.83. The molecule has 0 aliphatic carbocycles. The molecule has 0 N–H and O–H groups in total. The fraction of sp³-hybridized carbons (Fsp3) is 0.231. The van der Waals surface area contributed by atoms with Gasteiger partial charge in [0, 0.05) is 10.8 Å². The molecule has 0 fully saturated rings. The van der Waals surface area contributed by atoms with Crippen LogP contribution in [0.15, 0.2) is 39.9 Å². The van der Waals surface area contributed by atoms with E-state index in [9.17, 15) is 13.0 Å². The van der Waals surface area contributed by atoms with Gasteiger partial charge in [0.2, 0.25) is 0 Å². The van der Waals surface area contributed by atoms with E-state index in [4.69, 9.17) is 14.2 Å². The van der Waals surface area contributed by atoms with E-state index in [2.05, 4.69) is 0 Å². The number of benzene rings is 1. The van der Waals surface area contributed by atoms with Gasteiger partial charge in [0.1, 0.15) is 29.1 Å². The molecule has 1 aromatic heterocycles. The second kappa shape index (κ2) is 7.62. The topological polar surface area (TPSA) is 84.9 Å². The zero-order valence-corrected chi connectivity index (χ0v) is 16.5. The maximum atomic E-state index is 10.8. The monoisotopic (exact) mass is 366 g/mol. The molecule has 1 aromatic carbocycles. The van der Waals surface area contributed by atoms with Crippen LogP contribution in [-0.2, 0) is 10.1 Å². The number of hydrogen-bond acceptors (Lipinski definition) is 7. The molecule has 0 bridgehead atoms. The Labute approximate surface area is 174 Å². The van der Waals surface area contributed by atoms with Gasteiger partial charge >= 0.3 is 51.4 Å². The SMILES string of the molecule is O=S(=O)([O-])c1ccc(OCC2COc3cscc3O2)cc1.[K+]. The minimum atomic E-state index is -4.43. The third kappa shape index (κ3) is 4.45. The van der Waals surface area contributed by atoms with Crippen LogP contribution < -0.4 is 65.6 Å². The van der Waals surface area contributed by atoms with Crippen LogP contribution in [0.4, 0.5) is 0 Å². The molecule has 1 aliphatic heterocycles. The minimum absolute atomic E-state index is 0. The van der Waals surface area contributed by atoms with Gasteiger partial charge in [-0.2, -0.15) is 0 Å². The molecule has 1 unspecified atom stereocenters. The Balaban J connectivity index is 0.00000176. The van der Waals surface area contributed by atoms with Crippen molar-refractivity contribution in [1.82, 2.24) is 0 Å². The van der Waals surface area contributed by atoms with Crippen LogP contribution in [0.2, 0.25) is 0 Å². The molecule has 0 saturated heterocycles. The summed E-state index contributed by atoms with van der Waals surface area (Å²) < 4.78 is 49.1. The van der Waals surface area contributed by atoms with Crippen molar-refractivity contribution in [2.45, 2.75) is 11.0 Å². The second-order valence-corrected chi connectivity index (χ2v) is 6.51. The summed E-state index contributed by atoms with van der Waals surface area (Å²) in [6, 6.07) is 5.30. The number of thiophene rings is 1. The Morgan fingerprint density at radius 2 is 1.91 bits per heavy atom. The van der Waals surface area contributed by atoms with E-state index in [1.807, 2.05) is 10.8 Å². The van der Waals surface area contributed by atoms with Gasteiger partial charge in [-0.15, -0.1) is 11.3 Å². The number of ether oxygens (including phenoxy) is 3. The van der Waals surface area contributed by atoms with Crippen LogP contribution in [0.5, 0.6) is 17.2 Å². The Morgan fingerprint density at radius 1 is 1.23 bits per heavy atom. The maximum Gasteiger partial charge on any atom is 1.00 e. The molecule has 22 heavy (non-hydrogen) atoms. The summed E-state index contributed by atoms with van der Waals surface area (Å²) in [7, 11) is -4.43. The van der Waals surface area contributed by atoms with Gasteiger partial charge < -0.3 is 18.8 Å². The summed E-state index contributed by atoms with van der Waals surface area (Å²) in [5.74, 6) is 1.90. The Kier molecular flexibility index (Phi) is 6.31. The summed E-state index contributed by atoms with van der Waals surface area (Å²) in [5, 5.41) is 3.73. The normalized spacial score (nSPS) is 16.7. The minimum Gasteiger partial charge on any atom is -0.744 e. The quantitative estimate of drug-likeness (QED) is 0.503. The zero-order valence-electron chi connectivity index (χ0n) is 11.7. The predicted molar refractivity (Wildman–Crippen MR) is 74.1 cm³/mol. The molecular formula is C13H11KO6S2. The molecule has 9 heteroatoms. The fourth-order valence-corrected chi connectivity index (χ4v) is 2.98. The number of rotatable bonds is 4. The van der Waals surface area contributed by atoms with Gasteiger partial charge in [0.25, 0.3) is 0 Å². The van der Waals surface area contributed by atoms with Gasteiger partial charge in [0.15, 0.2) is 17.6 Å². The van der Waals surface area contributed by atoms with E-state index in [1.165, 1.54) is 35.6 Å². The van der Waals surface area contributed by atoms with Crippen LogP contribution >= 0.6 is 11.3 Å². The van der Waals surface area contributed by atoms with Crippen molar-refractivity contribution in [1.29, 1.82) is 0 Å². The predicted octanol–water partition coefficient (Wildman–Crippen LogP) is -1.12. The van der Waals surface area contributed by atoms with E-state index in [0.29, 0.717) is 18.1 Å². The number of fused-ring (bicyclic) bond motifs is 1. The Morgan fingerprint density at radius 3 is 2.59 bits per heavy atom. The van der Waals surface area contributed by atoms with Crippen molar-refractivity contribution in [3.63, 3.8) is 0 Å². The van der Waals surface area contributed by atoms with Crippen LogP contribution in [0, 0.1) is 0 Å². The van der Waals surface area contributed by atoms with E-state index in [-0.39, 0.29) is 69.0 Å². The average molecular weight is 366 g/mol. The number of hydrogen-bond donors (Lipinski definition) is 0. The standard InChI is InChI=1S/C13H12O6S2.K/c14-21(15,16)11-3-1-9(2-4-11)17-5-10-6-18-12-7-20-8-13(12)19-10;/h1-4,7-8,10H,5-6H2,(H,14,15,16);/q;+1/p-1. The van der Waals surface area contributed by atoms with Crippen LogP contribution in [-0.4, -0.2) is 32.3 Å². The zero-order chi connectivity index (χ0) is 14.9. The third-order valence-corrected chi connectivity index (χ3v) is 4.41. The summed E-state index contributed by atoms with van der Waals surface area (Å²) >= 11 is 1.50. The van der Waals surface area contributed by atoms with Gasteiger partial charge in [-0.25, -0.2) is 8.42 Å². The maximum absolute atomic E-state index is 10.8. The van der Waals surface area contributed by atoms with Gasteiger partial charge in [-0.1, -0.05) is 0 Å². The molecular weight excluding hydrogens is 355 g/mol. The molecule has 3 rings (SSSR count). The summed E-state index contributed by atoms with van der Waals surface area (Å²) in [6.07, 6.45) is -0.241. The smallest absolute Gasteiger partial charge is 0.744 e. The Hall–Kier alpha value is -0.134. The molecule has 6 nitrogen and oxygen atoms in total. The Bertz CT molecular complexity index is 725. The molecule has 2 heterocycles. The van der Waals surface area contributed by atoms with Crippen molar-refractivity contribution >= 4 is 21.5 Å². The molecule has 1 aliphatic rings. The van der Waals surface area contributed by atoms with Crippen molar-refractivity contribution in [3.05, 3.63) is 35.0 Å². The average Bonchev–Trinajstić information content (AvgIpc) is 2.92. The first kappa shape index (κ1) is 18.2. The van der Waals surface area contributed by atoms with E-state index in [0.717, 1.165) is 5.75 Å². The summed E-state index contributed by atoms with van der Waals surface area (Å²) in [4.78, 5) is -0.282. The van der Waals surface area contributed by atoms with E-state index < -0.39 is 10.1 Å². The molecule has 0 spiro atoms. The molecule has 112 valence electrons. The largest absolute Gasteiger partial charge is 1.00 e. The van der Waals surface area contributed by atoms with Crippen LogP contribution in [0.25, 0.3) is 0 Å². The van der Waals surface area contributed by atoms with Crippen molar-refractivity contribution < 1.29 is 78.6 Å². The van der Waals surface area contributed by atoms with E-state index >= 15 is 0 Å². The first-order valence-corrected chi connectivity index (χ1v) is 8.42. The third-order valence-electron chi connectivity index (χ3n) is 2.86. The van der Waals surface area contributed by atoms with Crippen molar-refractivity contribution in [2.24, 2.45) is 0 Å². The van der Waals surface area contributed by atoms with Gasteiger partial charge in [-0.05, 0) is 24.3 Å². The van der Waals surface area contributed by atoms with Crippen LogP contribution in [0.1, 0.15) is 0 Å². The second-order valence-electron chi connectivity index (χ2n) is 4.39. The first-order chi connectivity index (χ1) is 10.0. The first-order valence-electron chi connectivity index (χ1n) is 6.07. The van der Waals surface area contributed by atoms with Crippen LogP contribution in [0.3, 0.4) is 0 Å². The molecule has 0 saturated carbocycles. The van der Waals surface area contributed by atoms with Gasteiger partial charge in [0.05, 0.1) is 4.90 Å². The molecule has 2 aromatic rings. The molecule has 1 atom stereocenters. The van der Waals surface area contributed by atoms with Gasteiger partial charge in [-0.3, -0.25) is 0 Å². The molecule has 0 radical (unpaired) electrons. The molecule has 0 amide bonds. The van der Waals surface area contributed by atoms with Crippen molar-refractivity contribution in [3.8, 4) is 17.2 Å². The van der Waals surface area contributed by atoms with E-state index in [1.54, 1.807) is 0 Å².